The molecule has 0 radical (unpaired) electrons. The molecule has 0 fully saturated rings. The van der Waals surface area contributed by atoms with Crippen LogP contribution in [0.4, 0.5) is 0 Å². The van der Waals surface area contributed by atoms with Crippen molar-refractivity contribution in [3.05, 3.63) is 66.0 Å². The lowest BCUT2D eigenvalue weighted by Gasteiger charge is -2.07. The number of aryl methyl sites for hydroxylation is 1. The monoisotopic (exact) mass is 276 g/mol. The fourth-order valence-corrected chi connectivity index (χ4v) is 2.16. The zero-order valence-electron chi connectivity index (χ0n) is 11.8. The third-order valence-electron chi connectivity index (χ3n) is 3.19. The molecule has 4 nitrogen and oxygen atoms in total. The van der Waals surface area contributed by atoms with Crippen LogP contribution in [0.5, 0.6) is 0 Å². The first kappa shape index (κ1) is 13.4. The Kier molecular flexibility index (Phi) is 3.71. The van der Waals surface area contributed by atoms with Gasteiger partial charge in [-0.05, 0) is 31.2 Å². The highest BCUT2D eigenvalue weighted by Gasteiger charge is 2.08. The summed E-state index contributed by atoms with van der Waals surface area (Å²) in [6.07, 6.45) is 1.76. The van der Waals surface area contributed by atoms with Gasteiger partial charge in [0, 0.05) is 18.3 Å². The Labute approximate surface area is 123 Å². The minimum atomic E-state index is 0.376. The number of hydrogen-bond donors (Lipinski definition) is 1. The van der Waals surface area contributed by atoms with Crippen LogP contribution in [-0.2, 0) is 6.54 Å². The molecule has 0 spiro atoms. The van der Waals surface area contributed by atoms with Gasteiger partial charge in [-0.3, -0.25) is 4.98 Å². The maximum atomic E-state index is 5.76. The lowest BCUT2D eigenvalue weighted by molar-refractivity contribution is 0.969. The van der Waals surface area contributed by atoms with Gasteiger partial charge in [0.15, 0.2) is 5.82 Å². The van der Waals surface area contributed by atoms with Gasteiger partial charge in [-0.15, -0.1) is 0 Å². The molecule has 0 saturated heterocycles. The van der Waals surface area contributed by atoms with E-state index in [0.717, 1.165) is 22.6 Å². The van der Waals surface area contributed by atoms with Crippen molar-refractivity contribution in [3.63, 3.8) is 0 Å². The van der Waals surface area contributed by atoms with Crippen LogP contribution in [0.25, 0.3) is 22.8 Å². The largest absolute Gasteiger partial charge is 0.325 e. The number of rotatable bonds is 3. The van der Waals surface area contributed by atoms with Crippen LogP contribution in [0.15, 0.2) is 54.7 Å². The number of nitrogens with zero attached hydrogens (tertiary/aromatic N) is 3. The van der Waals surface area contributed by atoms with Crippen molar-refractivity contribution in [3.8, 4) is 22.8 Å². The fraction of sp³-hybridized carbons (Fsp3) is 0.118. The van der Waals surface area contributed by atoms with Crippen molar-refractivity contribution >= 4 is 0 Å². The molecule has 0 atom stereocenters. The quantitative estimate of drug-likeness (QED) is 0.798. The maximum absolute atomic E-state index is 5.76. The molecule has 2 heterocycles. The molecule has 0 aliphatic rings. The van der Waals surface area contributed by atoms with E-state index in [9.17, 15) is 0 Å². The fourth-order valence-electron chi connectivity index (χ4n) is 2.16. The number of pyridine rings is 1. The molecule has 0 amide bonds. The Morgan fingerprint density at radius 3 is 2.57 bits per heavy atom. The molecule has 0 bridgehead atoms. The van der Waals surface area contributed by atoms with Gasteiger partial charge in [-0.1, -0.05) is 29.8 Å². The number of nitrogens with two attached hydrogens (primary N) is 1. The van der Waals surface area contributed by atoms with Crippen molar-refractivity contribution < 1.29 is 0 Å². The molecular formula is C17H16N4. The topological polar surface area (TPSA) is 64.7 Å². The maximum Gasteiger partial charge on any atom is 0.160 e. The summed E-state index contributed by atoms with van der Waals surface area (Å²) >= 11 is 0. The summed E-state index contributed by atoms with van der Waals surface area (Å²) < 4.78 is 0. The standard InChI is InChI=1S/C17H16N4/c1-12-5-4-6-13(9-12)17-20-14(11-18)10-16(21-17)15-7-2-3-8-19-15/h2-10H,11,18H2,1H3. The van der Waals surface area contributed by atoms with E-state index in [0.29, 0.717) is 12.4 Å². The number of benzene rings is 1. The molecule has 1 aromatic carbocycles. The molecule has 21 heavy (non-hydrogen) atoms. The van der Waals surface area contributed by atoms with Crippen LogP contribution in [0.2, 0.25) is 0 Å². The third kappa shape index (κ3) is 2.95. The second-order valence-electron chi connectivity index (χ2n) is 4.86. The van der Waals surface area contributed by atoms with Crippen molar-refractivity contribution in [2.75, 3.05) is 0 Å². The van der Waals surface area contributed by atoms with Crippen LogP contribution >= 0.6 is 0 Å². The van der Waals surface area contributed by atoms with E-state index in [-0.39, 0.29) is 0 Å². The molecule has 0 saturated carbocycles. The van der Waals surface area contributed by atoms with Crippen molar-refractivity contribution in [1.29, 1.82) is 0 Å². The van der Waals surface area contributed by atoms with Gasteiger partial charge in [0.1, 0.15) is 0 Å². The number of aromatic nitrogens is 3. The Hall–Kier alpha value is -2.59. The van der Waals surface area contributed by atoms with E-state index in [1.165, 1.54) is 5.56 Å². The summed E-state index contributed by atoms with van der Waals surface area (Å²) in [6.45, 7) is 2.43. The first-order chi connectivity index (χ1) is 10.3. The predicted octanol–water partition coefficient (Wildman–Crippen LogP) is 2.97. The molecule has 3 aromatic rings. The highest BCUT2D eigenvalue weighted by atomic mass is 14.9. The van der Waals surface area contributed by atoms with Crippen LogP contribution in [0.1, 0.15) is 11.3 Å². The second kappa shape index (κ2) is 5.81. The van der Waals surface area contributed by atoms with E-state index in [1.54, 1.807) is 6.20 Å². The Morgan fingerprint density at radius 1 is 0.952 bits per heavy atom. The molecule has 0 aliphatic heterocycles. The van der Waals surface area contributed by atoms with Crippen LogP contribution in [0, 0.1) is 6.92 Å². The van der Waals surface area contributed by atoms with Gasteiger partial charge in [-0.25, -0.2) is 9.97 Å². The molecule has 0 unspecified atom stereocenters. The zero-order valence-corrected chi connectivity index (χ0v) is 11.8. The van der Waals surface area contributed by atoms with Crippen LogP contribution in [0.3, 0.4) is 0 Å². The molecule has 0 aliphatic carbocycles. The molecule has 3 rings (SSSR count). The van der Waals surface area contributed by atoms with Gasteiger partial charge in [0.05, 0.1) is 17.1 Å². The van der Waals surface area contributed by atoms with Gasteiger partial charge in [-0.2, -0.15) is 0 Å². The third-order valence-corrected chi connectivity index (χ3v) is 3.19. The van der Waals surface area contributed by atoms with Crippen molar-refractivity contribution in [2.24, 2.45) is 5.73 Å². The molecule has 2 aromatic heterocycles. The second-order valence-corrected chi connectivity index (χ2v) is 4.86. The van der Waals surface area contributed by atoms with E-state index < -0.39 is 0 Å². The Morgan fingerprint density at radius 2 is 1.86 bits per heavy atom. The van der Waals surface area contributed by atoms with E-state index in [2.05, 4.69) is 34.0 Å². The van der Waals surface area contributed by atoms with E-state index in [4.69, 9.17) is 5.73 Å². The summed E-state index contributed by atoms with van der Waals surface area (Å²) in [7, 11) is 0. The minimum absolute atomic E-state index is 0.376. The average Bonchev–Trinajstić information content (AvgIpc) is 2.55. The van der Waals surface area contributed by atoms with Gasteiger partial charge in [0.2, 0.25) is 0 Å². The lowest BCUT2D eigenvalue weighted by Crippen LogP contribution is -2.04. The van der Waals surface area contributed by atoms with E-state index >= 15 is 0 Å². The van der Waals surface area contributed by atoms with Crippen molar-refractivity contribution in [2.45, 2.75) is 13.5 Å². The minimum Gasteiger partial charge on any atom is -0.325 e. The normalized spacial score (nSPS) is 10.6. The predicted molar refractivity (Wildman–Crippen MR) is 83.3 cm³/mol. The Balaban J connectivity index is 2.14. The summed E-state index contributed by atoms with van der Waals surface area (Å²) in [5, 5.41) is 0. The van der Waals surface area contributed by atoms with Gasteiger partial charge >= 0.3 is 0 Å². The SMILES string of the molecule is Cc1cccc(-c2nc(CN)cc(-c3ccccn3)n2)c1. The first-order valence-corrected chi connectivity index (χ1v) is 6.83. The highest BCUT2D eigenvalue weighted by molar-refractivity contribution is 5.62. The molecule has 2 N–H and O–H groups in total. The highest BCUT2D eigenvalue weighted by Crippen LogP contribution is 2.21. The molecule has 4 heteroatoms. The van der Waals surface area contributed by atoms with Gasteiger partial charge < -0.3 is 5.73 Å². The van der Waals surface area contributed by atoms with Crippen LogP contribution in [-0.4, -0.2) is 15.0 Å². The average molecular weight is 276 g/mol. The van der Waals surface area contributed by atoms with E-state index in [1.807, 2.05) is 36.4 Å². The summed E-state index contributed by atoms with van der Waals surface area (Å²) in [6, 6.07) is 15.8. The Bertz CT molecular complexity index is 754. The van der Waals surface area contributed by atoms with Crippen LogP contribution < -0.4 is 5.73 Å². The first-order valence-electron chi connectivity index (χ1n) is 6.83. The van der Waals surface area contributed by atoms with Crippen molar-refractivity contribution in [1.82, 2.24) is 15.0 Å². The molecular weight excluding hydrogens is 260 g/mol. The summed E-state index contributed by atoms with van der Waals surface area (Å²) in [5.74, 6) is 0.683. The summed E-state index contributed by atoms with van der Waals surface area (Å²) in [5.41, 5.74) is 10.4. The number of hydrogen-bond acceptors (Lipinski definition) is 4. The molecule has 104 valence electrons. The summed E-state index contributed by atoms with van der Waals surface area (Å²) in [4.78, 5) is 13.5. The zero-order chi connectivity index (χ0) is 14.7. The smallest absolute Gasteiger partial charge is 0.160 e. The van der Waals surface area contributed by atoms with Gasteiger partial charge in [0.25, 0.3) is 0 Å². The lowest BCUT2D eigenvalue weighted by atomic mass is 10.1.